The van der Waals surface area contributed by atoms with Gasteiger partial charge in [0.1, 0.15) is 0 Å². The third-order valence-electron chi connectivity index (χ3n) is 2.64. The second-order valence-corrected chi connectivity index (χ2v) is 4.56. The predicted octanol–water partition coefficient (Wildman–Crippen LogP) is 1.76. The van der Waals surface area contributed by atoms with Crippen LogP contribution in [-0.4, -0.2) is 39.3 Å². The lowest BCUT2D eigenvalue weighted by Gasteiger charge is -2.21. The zero-order valence-corrected chi connectivity index (χ0v) is 12.6. The number of hydrogen-bond donors (Lipinski definition) is 2. The first-order valence-corrected chi connectivity index (χ1v) is 6.43. The van der Waals surface area contributed by atoms with Gasteiger partial charge in [-0.15, -0.1) is 0 Å². The number of benzene rings is 1. The van der Waals surface area contributed by atoms with Crippen LogP contribution < -0.4 is 16.0 Å². The maximum absolute atomic E-state index is 12.1. The Bertz CT molecular complexity index is 485. The predicted molar refractivity (Wildman–Crippen MR) is 81.5 cm³/mol. The molecule has 0 spiro atoms. The Morgan fingerprint density at radius 3 is 2.85 bits per heavy atom. The van der Waals surface area contributed by atoms with Crippen molar-refractivity contribution in [3.8, 4) is 0 Å². The van der Waals surface area contributed by atoms with Crippen LogP contribution >= 0.6 is 11.6 Å². The molecule has 0 bridgehead atoms. The van der Waals surface area contributed by atoms with Gasteiger partial charge in [-0.25, -0.2) is 4.79 Å². The molecule has 0 saturated carbocycles. The van der Waals surface area contributed by atoms with Crippen LogP contribution in [-0.2, 0) is 4.74 Å². The van der Waals surface area contributed by atoms with Gasteiger partial charge in [0.05, 0.1) is 23.9 Å². The van der Waals surface area contributed by atoms with E-state index in [0.29, 0.717) is 23.9 Å². The zero-order chi connectivity index (χ0) is 15.1. The van der Waals surface area contributed by atoms with E-state index in [0.717, 1.165) is 5.56 Å². The fraction of sp³-hybridized carbons (Fsp3) is 0.385. The topological polar surface area (TPSA) is 80.0 Å². The van der Waals surface area contributed by atoms with E-state index in [1.165, 1.54) is 4.90 Å². The second kappa shape index (κ2) is 7.72. The number of nitrogens with two attached hydrogens (primary N) is 1. The molecule has 0 unspecified atom stereocenters. The summed E-state index contributed by atoms with van der Waals surface area (Å²) in [6.07, 6.45) is 0. The van der Waals surface area contributed by atoms with Gasteiger partial charge in [0.2, 0.25) is 0 Å². The number of hydrogen-bond acceptors (Lipinski definition) is 3. The normalized spacial score (nSPS) is 11.3. The molecule has 0 aliphatic carbocycles. The molecule has 0 atom stereocenters. The van der Waals surface area contributed by atoms with Crippen molar-refractivity contribution in [1.29, 1.82) is 0 Å². The van der Waals surface area contributed by atoms with Gasteiger partial charge < -0.3 is 10.5 Å². The maximum Gasteiger partial charge on any atom is 0.328 e. The highest BCUT2D eigenvalue weighted by Gasteiger charge is 2.16. The minimum Gasteiger partial charge on any atom is -0.383 e. The van der Waals surface area contributed by atoms with E-state index in [2.05, 4.69) is 10.3 Å². The molecule has 0 aliphatic rings. The molecule has 0 radical (unpaired) electrons. The molecule has 1 aromatic carbocycles. The fourth-order valence-corrected chi connectivity index (χ4v) is 1.99. The van der Waals surface area contributed by atoms with E-state index in [9.17, 15) is 4.79 Å². The molecular weight excluding hydrogens is 280 g/mol. The molecule has 0 fully saturated rings. The number of aryl methyl sites for hydroxylation is 1. The molecular formula is C13H19ClN4O2. The number of carbonyl (C=O) groups is 1. The van der Waals surface area contributed by atoms with Gasteiger partial charge in [0, 0.05) is 14.2 Å². The van der Waals surface area contributed by atoms with Crippen LogP contribution in [0.15, 0.2) is 23.2 Å². The summed E-state index contributed by atoms with van der Waals surface area (Å²) in [7, 11) is 3.18. The molecule has 0 heterocycles. The summed E-state index contributed by atoms with van der Waals surface area (Å²) >= 11 is 6.11. The highest BCUT2D eigenvalue weighted by atomic mass is 35.5. The highest BCUT2D eigenvalue weighted by Crippen LogP contribution is 2.28. The van der Waals surface area contributed by atoms with Crippen molar-refractivity contribution >= 4 is 29.3 Å². The van der Waals surface area contributed by atoms with E-state index in [-0.39, 0.29) is 5.96 Å². The van der Waals surface area contributed by atoms with Crippen LogP contribution in [0.2, 0.25) is 5.02 Å². The largest absolute Gasteiger partial charge is 0.383 e. The summed E-state index contributed by atoms with van der Waals surface area (Å²) in [5.41, 5.74) is 7.14. The Labute approximate surface area is 123 Å². The molecule has 110 valence electrons. The Balaban J connectivity index is 2.75. The van der Waals surface area contributed by atoms with Crippen molar-refractivity contribution in [2.24, 2.45) is 10.7 Å². The van der Waals surface area contributed by atoms with Crippen molar-refractivity contribution in [3.63, 3.8) is 0 Å². The number of rotatable bonds is 4. The van der Waals surface area contributed by atoms with E-state index in [1.54, 1.807) is 20.2 Å². The molecule has 0 aliphatic heterocycles. The summed E-state index contributed by atoms with van der Waals surface area (Å²) in [5.74, 6) is 0.0450. The number of urea groups is 1. The first kappa shape index (κ1) is 16.3. The summed E-state index contributed by atoms with van der Waals surface area (Å²) in [5, 5.41) is 2.99. The average Bonchev–Trinajstić information content (AvgIpc) is 2.38. The number of guanidine groups is 1. The average molecular weight is 299 g/mol. The van der Waals surface area contributed by atoms with Crippen LogP contribution in [0.5, 0.6) is 0 Å². The van der Waals surface area contributed by atoms with Gasteiger partial charge in [-0.1, -0.05) is 23.7 Å². The lowest BCUT2D eigenvalue weighted by Crippen LogP contribution is -2.44. The highest BCUT2D eigenvalue weighted by molar-refractivity contribution is 6.34. The van der Waals surface area contributed by atoms with Gasteiger partial charge in [0.15, 0.2) is 5.96 Å². The SMILES string of the molecule is COCCN=C(N)NC(=O)N(C)c1c(C)cccc1Cl. The van der Waals surface area contributed by atoms with Gasteiger partial charge in [-0.2, -0.15) is 0 Å². The van der Waals surface area contributed by atoms with E-state index < -0.39 is 6.03 Å². The first-order chi connectivity index (χ1) is 9.47. The van der Waals surface area contributed by atoms with Gasteiger partial charge in [-0.05, 0) is 18.6 Å². The summed E-state index contributed by atoms with van der Waals surface area (Å²) in [6, 6.07) is 5.03. The van der Waals surface area contributed by atoms with Gasteiger partial charge >= 0.3 is 6.03 Å². The lowest BCUT2D eigenvalue weighted by molar-refractivity contribution is 0.208. The van der Waals surface area contributed by atoms with Crippen molar-refractivity contribution in [2.45, 2.75) is 6.92 Å². The van der Waals surface area contributed by atoms with Crippen molar-refractivity contribution in [1.82, 2.24) is 5.32 Å². The number of halogens is 1. The smallest absolute Gasteiger partial charge is 0.328 e. The first-order valence-electron chi connectivity index (χ1n) is 6.06. The van der Waals surface area contributed by atoms with Crippen molar-refractivity contribution in [2.75, 3.05) is 32.2 Å². The number of methoxy groups -OCH3 is 1. The fourth-order valence-electron chi connectivity index (χ4n) is 1.64. The number of amides is 2. The van der Waals surface area contributed by atoms with Gasteiger partial charge in [0.25, 0.3) is 0 Å². The van der Waals surface area contributed by atoms with E-state index in [1.807, 2.05) is 19.1 Å². The number of nitrogens with zero attached hydrogens (tertiary/aromatic N) is 2. The molecule has 0 aromatic heterocycles. The maximum atomic E-state index is 12.1. The summed E-state index contributed by atoms with van der Waals surface area (Å²) in [4.78, 5) is 17.4. The van der Waals surface area contributed by atoms with Gasteiger partial charge in [-0.3, -0.25) is 15.2 Å². The van der Waals surface area contributed by atoms with E-state index >= 15 is 0 Å². The second-order valence-electron chi connectivity index (χ2n) is 4.15. The molecule has 1 aromatic rings. The lowest BCUT2D eigenvalue weighted by atomic mass is 10.2. The Kier molecular flexibility index (Phi) is 6.27. The molecule has 1 rings (SSSR count). The van der Waals surface area contributed by atoms with Crippen molar-refractivity contribution in [3.05, 3.63) is 28.8 Å². The van der Waals surface area contributed by atoms with Crippen LogP contribution in [0.4, 0.5) is 10.5 Å². The monoisotopic (exact) mass is 298 g/mol. The molecule has 20 heavy (non-hydrogen) atoms. The van der Waals surface area contributed by atoms with Crippen LogP contribution in [0, 0.1) is 6.92 Å². The van der Waals surface area contributed by atoms with Crippen LogP contribution in [0.3, 0.4) is 0 Å². The number of ether oxygens (including phenoxy) is 1. The number of nitrogens with one attached hydrogen (secondary N) is 1. The number of carbonyl (C=O) groups excluding carboxylic acids is 1. The number of para-hydroxylation sites is 1. The molecule has 6 nitrogen and oxygen atoms in total. The van der Waals surface area contributed by atoms with Crippen molar-refractivity contribution < 1.29 is 9.53 Å². The zero-order valence-electron chi connectivity index (χ0n) is 11.8. The number of anilines is 1. The van der Waals surface area contributed by atoms with Crippen LogP contribution in [0.1, 0.15) is 5.56 Å². The quantitative estimate of drug-likeness (QED) is 0.505. The molecule has 2 amide bonds. The molecule has 0 saturated heterocycles. The standard InChI is InChI=1S/C13H19ClN4O2/c1-9-5-4-6-10(14)11(9)18(2)13(19)17-12(15)16-7-8-20-3/h4-6H,7-8H2,1-3H3,(H3,15,16,17,19). The molecule has 7 heteroatoms. The minimum absolute atomic E-state index is 0.0450. The third-order valence-corrected chi connectivity index (χ3v) is 2.95. The Hall–Kier alpha value is -1.79. The Morgan fingerprint density at radius 1 is 1.55 bits per heavy atom. The number of aliphatic imine (C=N–C) groups is 1. The summed E-state index contributed by atoms with van der Waals surface area (Å²) < 4.78 is 4.84. The van der Waals surface area contributed by atoms with E-state index in [4.69, 9.17) is 22.1 Å². The minimum atomic E-state index is -0.403. The third kappa shape index (κ3) is 4.40. The molecule has 3 N–H and O–H groups in total. The summed E-state index contributed by atoms with van der Waals surface area (Å²) in [6.45, 7) is 2.70. The van der Waals surface area contributed by atoms with Crippen LogP contribution in [0.25, 0.3) is 0 Å². The Morgan fingerprint density at radius 2 is 2.25 bits per heavy atom.